The largest absolute Gasteiger partial charge is 0.139 e. The van der Waals surface area contributed by atoms with Gasteiger partial charge in [0.05, 0.1) is 5.02 Å². The Bertz CT molecular complexity index is 431. The molecule has 1 aromatic carbocycles. The number of aryl methyl sites for hydroxylation is 1. The third-order valence-corrected chi connectivity index (χ3v) is 4.13. The predicted octanol–water partition coefficient (Wildman–Crippen LogP) is 4.90. The smallest absolute Gasteiger partial charge is 0.0623 e. The molecular weight excluding hydrogens is 212 g/mol. The van der Waals surface area contributed by atoms with Gasteiger partial charge in [0.25, 0.3) is 0 Å². The van der Waals surface area contributed by atoms with Crippen molar-refractivity contribution in [2.75, 3.05) is 0 Å². The van der Waals surface area contributed by atoms with E-state index >= 15 is 0 Å². The molecule has 0 spiro atoms. The summed E-state index contributed by atoms with van der Waals surface area (Å²) in [5, 5.41) is 2.18. The molecule has 0 radical (unpaired) electrons. The number of rotatable bonds is 3. The summed E-state index contributed by atoms with van der Waals surface area (Å²) in [7, 11) is 0. The summed E-state index contributed by atoms with van der Waals surface area (Å²) in [6.07, 6.45) is 3.58. The molecule has 2 aromatic rings. The van der Waals surface area contributed by atoms with Gasteiger partial charge in [-0.25, -0.2) is 0 Å². The standard InChI is InChI=1S/C12H13ClS/c1-2-3-7-11-12(13)9-6-4-5-8-10(9)14-11/h4-6,8H,2-3,7H2,1H3. The molecule has 0 aliphatic carbocycles. The molecule has 0 aliphatic heterocycles. The Morgan fingerprint density at radius 1 is 1.29 bits per heavy atom. The lowest BCUT2D eigenvalue weighted by Crippen LogP contribution is -1.78. The van der Waals surface area contributed by atoms with E-state index in [1.807, 2.05) is 17.4 Å². The molecule has 0 saturated heterocycles. The molecule has 74 valence electrons. The van der Waals surface area contributed by atoms with Crippen LogP contribution in [-0.4, -0.2) is 0 Å². The highest BCUT2D eigenvalue weighted by Gasteiger charge is 2.08. The predicted molar refractivity (Wildman–Crippen MR) is 65.4 cm³/mol. The van der Waals surface area contributed by atoms with Crippen molar-refractivity contribution >= 4 is 33.0 Å². The van der Waals surface area contributed by atoms with Gasteiger partial charge < -0.3 is 0 Å². The minimum atomic E-state index is 0.971. The molecule has 0 unspecified atom stereocenters. The van der Waals surface area contributed by atoms with Crippen LogP contribution < -0.4 is 0 Å². The van der Waals surface area contributed by atoms with Crippen molar-refractivity contribution in [1.29, 1.82) is 0 Å². The molecule has 0 amide bonds. The lowest BCUT2D eigenvalue weighted by Gasteiger charge is -1.94. The van der Waals surface area contributed by atoms with Crippen LogP contribution in [0.4, 0.5) is 0 Å². The fraction of sp³-hybridized carbons (Fsp3) is 0.333. The second-order valence-corrected chi connectivity index (χ2v) is 4.95. The van der Waals surface area contributed by atoms with E-state index in [0.717, 1.165) is 11.4 Å². The number of fused-ring (bicyclic) bond motifs is 1. The van der Waals surface area contributed by atoms with Gasteiger partial charge >= 0.3 is 0 Å². The molecule has 0 saturated carbocycles. The van der Waals surface area contributed by atoms with E-state index in [-0.39, 0.29) is 0 Å². The van der Waals surface area contributed by atoms with Crippen LogP contribution in [0.25, 0.3) is 10.1 Å². The number of halogens is 1. The maximum atomic E-state index is 6.30. The van der Waals surface area contributed by atoms with Gasteiger partial charge in [-0.05, 0) is 18.9 Å². The molecule has 2 heteroatoms. The minimum Gasteiger partial charge on any atom is -0.139 e. The van der Waals surface area contributed by atoms with E-state index in [0.29, 0.717) is 0 Å². The molecule has 0 bridgehead atoms. The average molecular weight is 225 g/mol. The minimum absolute atomic E-state index is 0.971. The van der Waals surface area contributed by atoms with Crippen molar-refractivity contribution in [2.45, 2.75) is 26.2 Å². The Balaban J connectivity index is 2.41. The van der Waals surface area contributed by atoms with Crippen molar-refractivity contribution < 1.29 is 0 Å². The molecule has 14 heavy (non-hydrogen) atoms. The first-order valence-electron chi connectivity index (χ1n) is 4.99. The highest BCUT2D eigenvalue weighted by atomic mass is 35.5. The second kappa shape index (κ2) is 4.33. The van der Waals surface area contributed by atoms with Gasteiger partial charge in [0.1, 0.15) is 0 Å². The van der Waals surface area contributed by atoms with Crippen LogP contribution in [0, 0.1) is 0 Å². The molecule has 0 nitrogen and oxygen atoms in total. The first-order chi connectivity index (χ1) is 6.83. The van der Waals surface area contributed by atoms with Crippen LogP contribution in [-0.2, 0) is 6.42 Å². The Hall–Kier alpha value is -0.530. The molecule has 0 fully saturated rings. The van der Waals surface area contributed by atoms with Gasteiger partial charge in [0.2, 0.25) is 0 Å². The van der Waals surface area contributed by atoms with Crippen LogP contribution in [0.3, 0.4) is 0 Å². The zero-order valence-corrected chi connectivity index (χ0v) is 9.79. The Morgan fingerprint density at radius 3 is 2.79 bits per heavy atom. The van der Waals surface area contributed by atoms with Crippen molar-refractivity contribution in [3.8, 4) is 0 Å². The lowest BCUT2D eigenvalue weighted by atomic mass is 10.2. The van der Waals surface area contributed by atoms with E-state index in [1.165, 1.54) is 27.8 Å². The van der Waals surface area contributed by atoms with Gasteiger partial charge in [0, 0.05) is 15.0 Å². The van der Waals surface area contributed by atoms with Gasteiger partial charge in [-0.1, -0.05) is 43.1 Å². The number of benzene rings is 1. The zero-order valence-electron chi connectivity index (χ0n) is 8.22. The maximum Gasteiger partial charge on any atom is 0.0623 e. The normalized spacial score (nSPS) is 11.0. The van der Waals surface area contributed by atoms with Crippen LogP contribution in [0.2, 0.25) is 5.02 Å². The van der Waals surface area contributed by atoms with Crippen LogP contribution in [0.1, 0.15) is 24.6 Å². The fourth-order valence-electron chi connectivity index (χ4n) is 1.56. The molecule has 0 aliphatic rings. The number of hydrogen-bond donors (Lipinski definition) is 0. The third-order valence-electron chi connectivity index (χ3n) is 2.36. The van der Waals surface area contributed by atoms with Gasteiger partial charge in [-0.15, -0.1) is 11.3 Å². The third kappa shape index (κ3) is 1.79. The second-order valence-electron chi connectivity index (χ2n) is 3.44. The average Bonchev–Trinajstić information content (AvgIpc) is 2.54. The summed E-state index contributed by atoms with van der Waals surface area (Å²) in [6.45, 7) is 2.21. The number of thiophene rings is 1. The lowest BCUT2D eigenvalue weighted by molar-refractivity contribution is 0.804. The zero-order chi connectivity index (χ0) is 9.97. The molecular formula is C12H13ClS. The quantitative estimate of drug-likeness (QED) is 0.696. The number of unbranched alkanes of at least 4 members (excludes halogenated alkanes) is 1. The Kier molecular flexibility index (Phi) is 3.09. The van der Waals surface area contributed by atoms with Crippen LogP contribution >= 0.6 is 22.9 Å². The maximum absolute atomic E-state index is 6.30. The molecule has 2 rings (SSSR count). The highest BCUT2D eigenvalue weighted by molar-refractivity contribution is 7.19. The summed E-state index contributed by atoms with van der Waals surface area (Å²) in [6, 6.07) is 8.36. The Morgan fingerprint density at radius 2 is 2.07 bits per heavy atom. The first kappa shape index (κ1) is 10.0. The van der Waals surface area contributed by atoms with E-state index < -0.39 is 0 Å². The van der Waals surface area contributed by atoms with Gasteiger partial charge in [0.15, 0.2) is 0 Å². The highest BCUT2D eigenvalue weighted by Crippen LogP contribution is 2.35. The summed E-state index contributed by atoms with van der Waals surface area (Å²) >= 11 is 8.14. The van der Waals surface area contributed by atoms with E-state index in [4.69, 9.17) is 11.6 Å². The SMILES string of the molecule is CCCCc1sc2ccccc2c1Cl. The van der Waals surface area contributed by atoms with E-state index in [2.05, 4.69) is 25.1 Å². The number of hydrogen-bond acceptors (Lipinski definition) is 1. The Labute approximate surface area is 93.5 Å². The summed E-state index contributed by atoms with van der Waals surface area (Å²) in [5.41, 5.74) is 0. The van der Waals surface area contributed by atoms with Crippen molar-refractivity contribution in [1.82, 2.24) is 0 Å². The van der Waals surface area contributed by atoms with E-state index in [1.54, 1.807) is 0 Å². The summed E-state index contributed by atoms with van der Waals surface area (Å²) < 4.78 is 1.31. The monoisotopic (exact) mass is 224 g/mol. The topological polar surface area (TPSA) is 0 Å². The van der Waals surface area contributed by atoms with E-state index in [9.17, 15) is 0 Å². The molecule has 1 heterocycles. The molecule has 0 atom stereocenters. The molecule has 0 N–H and O–H groups in total. The summed E-state index contributed by atoms with van der Waals surface area (Å²) in [4.78, 5) is 1.34. The molecule has 1 aromatic heterocycles. The van der Waals surface area contributed by atoms with Crippen LogP contribution in [0.5, 0.6) is 0 Å². The first-order valence-corrected chi connectivity index (χ1v) is 6.18. The van der Waals surface area contributed by atoms with Crippen molar-refractivity contribution in [2.24, 2.45) is 0 Å². The van der Waals surface area contributed by atoms with Gasteiger partial charge in [-0.2, -0.15) is 0 Å². The van der Waals surface area contributed by atoms with Crippen molar-refractivity contribution in [3.63, 3.8) is 0 Å². The van der Waals surface area contributed by atoms with Crippen molar-refractivity contribution in [3.05, 3.63) is 34.2 Å². The summed E-state index contributed by atoms with van der Waals surface area (Å²) in [5.74, 6) is 0. The fourth-order valence-corrected chi connectivity index (χ4v) is 3.13. The van der Waals surface area contributed by atoms with Crippen LogP contribution in [0.15, 0.2) is 24.3 Å². The van der Waals surface area contributed by atoms with Gasteiger partial charge in [-0.3, -0.25) is 0 Å².